The van der Waals surface area contributed by atoms with Gasteiger partial charge in [0.15, 0.2) is 0 Å². The number of carbonyl (C=O) groups is 1. The predicted molar refractivity (Wildman–Crippen MR) is 71.4 cm³/mol. The fourth-order valence-electron chi connectivity index (χ4n) is 1.41. The molecule has 16 heavy (non-hydrogen) atoms. The number of hydrogen-bond donors (Lipinski definition) is 0. The molecule has 0 fully saturated rings. The normalized spacial score (nSPS) is 10.8. The molecule has 0 rings (SSSR count). The van der Waals surface area contributed by atoms with Gasteiger partial charge in [-0.2, -0.15) is 0 Å². The highest BCUT2D eigenvalue weighted by Crippen LogP contribution is 2.03. The minimum Gasteiger partial charge on any atom is -0.461 e. The third kappa shape index (κ3) is 11.4. The molecular weight excluding hydrogens is 199 g/mol. The third-order valence-electron chi connectivity index (χ3n) is 2.47. The van der Waals surface area contributed by atoms with Crippen molar-refractivity contribution in [1.29, 1.82) is 0 Å². The SMILES string of the molecule is BCCCC(=O)OC/C=C\CCCCCC. The number of ether oxygens (including phenoxy) is 1. The minimum absolute atomic E-state index is 0.0718. The Morgan fingerprint density at radius 2 is 2.00 bits per heavy atom. The Kier molecular flexibility index (Phi) is 11.8. The topological polar surface area (TPSA) is 26.3 Å². The van der Waals surface area contributed by atoms with Crippen molar-refractivity contribution in [2.24, 2.45) is 0 Å². The van der Waals surface area contributed by atoms with Gasteiger partial charge in [0, 0.05) is 6.42 Å². The van der Waals surface area contributed by atoms with Gasteiger partial charge in [0.1, 0.15) is 14.5 Å². The van der Waals surface area contributed by atoms with E-state index in [9.17, 15) is 4.79 Å². The molecule has 0 aromatic rings. The number of rotatable bonds is 10. The zero-order valence-corrected chi connectivity index (χ0v) is 10.8. The van der Waals surface area contributed by atoms with Crippen molar-refractivity contribution in [3.63, 3.8) is 0 Å². The first kappa shape index (κ1) is 15.3. The fraction of sp³-hybridized carbons (Fsp3) is 0.769. The van der Waals surface area contributed by atoms with E-state index in [-0.39, 0.29) is 5.97 Å². The Balaban J connectivity index is 3.23. The second kappa shape index (κ2) is 12.3. The Morgan fingerprint density at radius 3 is 2.69 bits per heavy atom. The van der Waals surface area contributed by atoms with Crippen LogP contribution in [-0.4, -0.2) is 20.4 Å². The monoisotopic (exact) mass is 224 g/mol. The fourth-order valence-corrected chi connectivity index (χ4v) is 1.41. The first-order chi connectivity index (χ1) is 7.81. The van der Waals surface area contributed by atoms with Gasteiger partial charge >= 0.3 is 5.97 Å². The molecule has 0 heterocycles. The maximum absolute atomic E-state index is 11.1. The second-order valence-corrected chi connectivity index (χ2v) is 4.11. The first-order valence-corrected chi connectivity index (χ1v) is 6.61. The summed E-state index contributed by atoms with van der Waals surface area (Å²) in [4.78, 5) is 11.1. The zero-order chi connectivity index (χ0) is 12.1. The lowest BCUT2D eigenvalue weighted by Gasteiger charge is -2.00. The zero-order valence-electron chi connectivity index (χ0n) is 10.8. The van der Waals surface area contributed by atoms with Gasteiger partial charge in [0.25, 0.3) is 0 Å². The van der Waals surface area contributed by atoms with Gasteiger partial charge < -0.3 is 4.74 Å². The van der Waals surface area contributed by atoms with Gasteiger partial charge in [-0.3, -0.25) is 4.79 Å². The van der Waals surface area contributed by atoms with Crippen molar-refractivity contribution in [2.75, 3.05) is 6.61 Å². The molecule has 0 aliphatic rings. The van der Waals surface area contributed by atoms with Crippen LogP contribution in [0.25, 0.3) is 0 Å². The van der Waals surface area contributed by atoms with Gasteiger partial charge in [0.2, 0.25) is 0 Å². The Hall–Kier alpha value is -0.725. The maximum atomic E-state index is 11.1. The summed E-state index contributed by atoms with van der Waals surface area (Å²) in [6, 6.07) is 0. The minimum atomic E-state index is -0.0718. The van der Waals surface area contributed by atoms with Crippen LogP contribution in [0.5, 0.6) is 0 Å². The summed E-state index contributed by atoms with van der Waals surface area (Å²) in [5.41, 5.74) is 0. The van der Waals surface area contributed by atoms with E-state index in [1.165, 1.54) is 25.7 Å². The largest absolute Gasteiger partial charge is 0.461 e. The first-order valence-electron chi connectivity index (χ1n) is 6.61. The molecule has 2 nitrogen and oxygen atoms in total. The molecule has 0 aromatic carbocycles. The summed E-state index contributed by atoms with van der Waals surface area (Å²) in [6.07, 6.45) is 12.8. The molecule has 92 valence electrons. The molecule has 0 atom stereocenters. The number of carbonyl (C=O) groups excluding carboxylic acids is 1. The smallest absolute Gasteiger partial charge is 0.306 e. The van der Waals surface area contributed by atoms with Gasteiger partial charge in [-0.05, 0) is 19.3 Å². The molecule has 0 radical (unpaired) electrons. The van der Waals surface area contributed by atoms with Crippen LogP contribution < -0.4 is 0 Å². The van der Waals surface area contributed by atoms with Gasteiger partial charge in [0.05, 0.1) is 0 Å². The van der Waals surface area contributed by atoms with Crippen molar-refractivity contribution in [3.8, 4) is 0 Å². The summed E-state index contributed by atoms with van der Waals surface area (Å²) >= 11 is 0. The third-order valence-corrected chi connectivity index (χ3v) is 2.47. The van der Waals surface area contributed by atoms with E-state index in [1.807, 2.05) is 6.08 Å². The van der Waals surface area contributed by atoms with Crippen LogP contribution in [0.2, 0.25) is 6.32 Å². The Bertz CT molecular complexity index is 190. The molecular formula is C13H25BO2. The quantitative estimate of drug-likeness (QED) is 0.247. The summed E-state index contributed by atoms with van der Waals surface area (Å²) in [5, 5.41) is 0. The van der Waals surface area contributed by atoms with E-state index in [0.717, 1.165) is 19.2 Å². The van der Waals surface area contributed by atoms with E-state index in [1.54, 1.807) is 0 Å². The van der Waals surface area contributed by atoms with E-state index >= 15 is 0 Å². The molecule has 0 saturated heterocycles. The predicted octanol–water partition coefficient (Wildman–Crippen LogP) is 2.89. The van der Waals surface area contributed by atoms with Crippen molar-refractivity contribution in [1.82, 2.24) is 0 Å². The van der Waals surface area contributed by atoms with Gasteiger partial charge in [-0.15, -0.1) is 0 Å². The average Bonchev–Trinajstić information content (AvgIpc) is 2.30. The van der Waals surface area contributed by atoms with Crippen LogP contribution in [0.1, 0.15) is 51.9 Å². The number of esters is 1. The number of unbranched alkanes of at least 4 members (excludes halogenated alkanes) is 4. The van der Waals surface area contributed by atoms with Crippen LogP contribution in [0.15, 0.2) is 12.2 Å². The molecule has 0 aliphatic carbocycles. The number of allylic oxidation sites excluding steroid dienone is 1. The lowest BCUT2D eigenvalue weighted by Crippen LogP contribution is -2.03. The van der Waals surface area contributed by atoms with Crippen molar-refractivity contribution >= 4 is 13.8 Å². The van der Waals surface area contributed by atoms with Crippen molar-refractivity contribution in [3.05, 3.63) is 12.2 Å². The maximum Gasteiger partial charge on any atom is 0.306 e. The molecule has 0 aromatic heterocycles. The van der Waals surface area contributed by atoms with Crippen LogP contribution in [0, 0.1) is 0 Å². The van der Waals surface area contributed by atoms with Crippen molar-refractivity contribution in [2.45, 2.75) is 58.2 Å². The van der Waals surface area contributed by atoms with E-state index < -0.39 is 0 Å². The standard InChI is InChI=1S/C13H25BO2/c1-2-3-4-5-6-7-8-12-16-13(15)10-9-11-14/h7-8H,2-6,9-12,14H2,1H3/b8-7-. The molecule has 0 N–H and O–H groups in total. The molecule has 0 aliphatic heterocycles. The highest BCUT2D eigenvalue weighted by atomic mass is 16.5. The van der Waals surface area contributed by atoms with Gasteiger partial charge in [-0.25, -0.2) is 0 Å². The molecule has 0 amide bonds. The Labute approximate surface area is 101 Å². The second-order valence-electron chi connectivity index (χ2n) is 4.11. The van der Waals surface area contributed by atoms with Crippen molar-refractivity contribution < 1.29 is 9.53 Å². The van der Waals surface area contributed by atoms with E-state index in [4.69, 9.17) is 4.74 Å². The highest BCUT2D eigenvalue weighted by molar-refractivity contribution is 6.08. The molecule has 0 unspecified atom stereocenters. The average molecular weight is 224 g/mol. The summed E-state index contributed by atoms with van der Waals surface area (Å²) < 4.78 is 5.05. The Morgan fingerprint density at radius 1 is 1.19 bits per heavy atom. The lowest BCUT2D eigenvalue weighted by atomic mass is 10.0. The molecule has 3 heteroatoms. The van der Waals surface area contributed by atoms with Crippen LogP contribution in [0.3, 0.4) is 0 Å². The van der Waals surface area contributed by atoms with Gasteiger partial charge in [-0.1, -0.05) is 44.7 Å². The molecule has 0 bridgehead atoms. The van der Waals surface area contributed by atoms with Crippen LogP contribution in [-0.2, 0) is 9.53 Å². The van der Waals surface area contributed by atoms with Crippen LogP contribution in [0.4, 0.5) is 0 Å². The lowest BCUT2D eigenvalue weighted by molar-refractivity contribution is -0.142. The van der Waals surface area contributed by atoms with E-state index in [0.29, 0.717) is 13.0 Å². The summed E-state index contributed by atoms with van der Waals surface area (Å²) in [7, 11) is 2.07. The highest BCUT2D eigenvalue weighted by Gasteiger charge is 1.98. The molecule has 0 spiro atoms. The van der Waals surface area contributed by atoms with E-state index in [2.05, 4.69) is 20.8 Å². The molecule has 0 saturated carbocycles. The summed E-state index contributed by atoms with van der Waals surface area (Å²) in [5.74, 6) is -0.0718. The number of hydrogen-bond acceptors (Lipinski definition) is 2. The van der Waals surface area contributed by atoms with Crippen LogP contribution >= 0.6 is 0 Å². The summed E-state index contributed by atoms with van der Waals surface area (Å²) in [6.45, 7) is 2.65.